The van der Waals surface area contributed by atoms with Gasteiger partial charge in [0.05, 0.1) is 0 Å². The molecule has 19 heavy (non-hydrogen) atoms. The smallest absolute Gasteiger partial charge is 0.222 e. The molecule has 0 aliphatic heterocycles. The Labute approximate surface area is 120 Å². The largest absolute Gasteiger partial charge is 0.341 e. The molecule has 1 saturated carbocycles. The van der Waals surface area contributed by atoms with Crippen molar-refractivity contribution in [2.45, 2.75) is 45.1 Å². The molecule has 0 radical (unpaired) electrons. The van der Waals surface area contributed by atoms with Gasteiger partial charge < -0.3 is 4.90 Å². The van der Waals surface area contributed by atoms with E-state index in [0.717, 1.165) is 22.9 Å². The molecule has 0 unspecified atom stereocenters. The molecule has 0 heterocycles. The van der Waals surface area contributed by atoms with E-state index in [9.17, 15) is 4.79 Å². The number of benzene rings is 1. The number of amides is 1. The summed E-state index contributed by atoms with van der Waals surface area (Å²) in [6.07, 6.45) is 7.07. The lowest BCUT2D eigenvalue weighted by atomic mass is 10.0. The molecule has 1 aromatic carbocycles. The molecular formula is C16H22ClNO. The molecule has 104 valence electrons. The van der Waals surface area contributed by atoms with Crippen molar-refractivity contribution in [3.8, 4) is 0 Å². The number of nitrogens with zero attached hydrogens (tertiary/aromatic N) is 1. The van der Waals surface area contributed by atoms with Gasteiger partial charge in [-0.1, -0.05) is 49.4 Å². The van der Waals surface area contributed by atoms with E-state index in [4.69, 9.17) is 11.6 Å². The van der Waals surface area contributed by atoms with Crippen LogP contribution in [0, 0.1) is 5.92 Å². The molecule has 0 spiro atoms. The molecule has 1 aliphatic rings. The molecule has 1 aromatic rings. The van der Waals surface area contributed by atoms with Crippen molar-refractivity contribution in [3.05, 3.63) is 34.9 Å². The normalized spacial score (nSPS) is 15.7. The highest BCUT2D eigenvalue weighted by molar-refractivity contribution is 6.30. The Morgan fingerprint density at radius 3 is 2.53 bits per heavy atom. The summed E-state index contributed by atoms with van der Waals surface area (Å²) in [5.74, 6) is 1.04. The van der Waals surface area contributed by atoms with Crippen LogP contribution in [0.5, 0.6) is 0 Å². The Morgan fingerprint density at radius 2 is 1.89 bits per heavy atom. The number of carbonyl (C=O) groups is 1. The zero-order chi connectivity index (χ0) is 13.7. The predicted molar refractivity (Wildman–Crippen MR) is 79.1 cm³/mol. The maximum Gasteiger partial charge on any atom is 0.222 e. The van der Waals surface area contributed by atoms with Crippen LogP contribution in [0.15, 0.2) is 24.3 Å². The van der Waals surface area contributed by atoms with Gasteiger partial charge in [0.15, 0.2) is 0 Å². The Morgan fingerprint density at radius 1 is 1.26 bits per heavy atom. The molecule has 1 amide bonds. The molecule has 1 fully saturated rings. The second-order valence-electron chi connectivity index (χ2n) is 5.57. The molecule has 0 bridgehead atoms. The molecule has 0 saturated heterocycles. The molecule has 1 aliphatic carbocycles. The number of hydrogen-bond donors (Lipinski definition) is 0. The number of hydrogen-bond acceptors (Lipinski definition) is 1. The fourth-order valence-electron chi connectivity index (χ4n) is 2.77. The molecule has 2 nitrogen and oxygen atoms in total. The van der Waals surface area contributed by atoms with E-state index in [1.165, 1.54) is 25.7 Å². The first kappa shape index (κ1) is 14.4. The van der Waals surface area contributed by atoms with Gasteiger partial charge in [-0.2, -0.15) is 0 Å². The topological polar surface area (TPSA) is 20.3 Å². The van der Waals surface area contributed by atoms with E-state index < -0.39 is 0 Å². The minimum absolute atomic E-state index is 0.252. The van der Waals surface area contributed by atoms with Gasteiger partial charge in [0, 0.05) is 25.0 Å². The van der Waals surface area contributed by atoms with Crippen LogP contribution in [-0.4, -0.2) is 17.9 Å². The first-order valence-corrected chi connectivity index (χ1v) is 7.51. The van der Waals surface area contributed by atoms with E-state index in [2.05, 4.69) is 0 Å². The summed E-state index contributed by atoms with van der Waals surface area (Å²) in [5.41, 5.74) is 1.13. The van der Waals surface area contributed by atoms with Gasteiger partial charge in [-0.05, 0) is 30.0 Å². The summed E-state index contributed by atoms with van der Waals surface area (Å²) < 4.78 is 0. The predicted octanol–water partition coefficient (Wildman–Crippen LogP) is 4.27. The second-order valence-corrected chi connectivity index (χ2v) is 6.00. The van der Waals surface area contributed by atoms with Crippen LogP contribution in [0.3, 0.4) is 0 Å². The zero-order valence-corrected chi connectivity index (χ0v) is 12.3. The standard InChI is InChI=1S/C16H22ClNO/c1-18(12-14-6-9-15(17)10-7-14)16(19)11-8-13-4-2-3-5-13/h6-7,9-10,13H,2-5,8,11-12H2,1H3. The zero-order valence-electron chi connectivity index (χ0n) is 11.6. The van der Waals surface area contributed by atoms with Crippen molar-refractivity contribution >= 4 is 17.5 Å². The van der Waals surface area contributed by atoms with Gasteiger partial charge in [0.1, 0.15) is 0 Å². The summed E-state index contributed by atoms with van der Waals surface area (Å²) in [5, 5.41) is 0.735. The van der Waals surface area contributed by atoms with Crippen molar-refractivity contribution in [1.82, 2.24) is 4.90 Å². The summed E-state index contributed by atoms with van der Waals surface area (Å²) in [4.78, 5) is 13.9. The van der Waals surface area contributed by atoms with E-state index in [1.807, 2.05) is 36.2 Å². The van der Waals surface area contributed by atoms with Crippen LogP contribution in [0.4, 0.5) is 0 Å². The van der Waals surface area contributed by atoms with Crippen LogP contribution in [0.25, 0.3) is 0 Å². The van der Waals surface area contributed by atoms with Crippen LogP contribution >= 0.6 is 11.6 Å². The molecule has 2 rings (SSSR count). The van der Waals surface area contributed by atoms with Crippen LogP contribution in [0.1, 0.15) is 44.1 Å². The number of rotatable bonds is 5. The molecule has 3 heteroatoms. The third-order valence-corrected chi connectivity index (χ3v) is 4.25. The number of carbonyl (C=O) groups excluding carboxylic acids is 1. The van der Waals surface area contributed by atoms with E-state index in [0.29, 0.717) is 13.0 Å². The molecule has 0 N–H and O–H groups in total. The summed E-state index contributed by atoms with van der Waals surface area (Å²) in [6, 6.07) is 7.69. The Bertz CT molecular complexity index is 409. The van der Waals surface area contributed by atoms with E-state index >= 15 is 0 Å². The highest BCUT2D eigenvalue weighted by atomic mass is 35.5. The van der Waals surface area contributed by atoms with Gasteiger partial charge in [-0.15, -0.1) is 0 Å². The lowest BCUT2D eigenvalue weighted by molar-refractivity contribution is -0.130. The van der Waals surface area contributed by atoms with Crippen molar-refractivity contribution in [2.75, 3.05) is 7.05 Å². The first-order valence-electron chi connectivity index (χ1n) is 7.13. The Kier molecular flexibility index (Phi) is 5.26. The lowest BCUT2D eigenvalue weighted by Gasteiger charge is -2.18. The summed E-state index contributed by atoms with van der Waals surface area (Å²) >= 11 is 5.85. The third kappa shape index (κ3) is 4.54. The van der Waals surface area contributed by atoms with Gasteiger partial charge in [-0.25, -0.2) is 0 Å². The van der Waals surface area contributed by atoms with Crippen molar-refractivity contribution in [2.24, 2.45) is 5.92 Å². The Balaban J connectivity index is 1.76. The van der Waals surface area contributed by atoms with Crippen LogP contribution < -0.4 is 0 Å². The highest BCUT2D eigenvalue weighted by Gasteiger charge is 2.17. The quantitative estimate of drug-likeness (QED) is 0.788. The van der Waals surface area contributed by atoms with Gasteiger partial charge in [0.25, 0.3) is 0 Å². The first-order chi connectivity index (χ1) is 9.15. The minimum atomic E-state index is 0.252. The molecule has 0 atom stereocenters. The Hall–Kier alpha value is -1.02. The second kappa shape index (κ2) is 6.95. The van der Waals surface area contributed by atoms with Crippen LogP contribution in [-0.2, 0) is 11.3 Å². The van der Waals surface area contributed by atoms with Gasteiger partial charge in [0.2, 0.25) is 5.91 Å². The van der Waals surface area contributed by atoms with Gasteiger partial charge >= 0.3 is 0 Å². The van der Waals surface area contributed by atoms with Crippen molar-refractivity contribution in [3.63, 3.8) is 0 Å². The summed E-state index contributed by atoms with van der Waals surface area (Å²) in [7, 11) is 1.88. The highest BCUT2D eigenvalue weighted by Crippen LogP contribution is 2.28. The lowest BCUT2D eigenvalue weighted by Crippen LogP contribution is -2.26. The average molecular weight is 280 g/mol. The van der Waals surface area contributed by atoms with Gasteiger partial charge in [-0.3, -0.25) is 4.79 Å². The minimum Gasteiger partial charge on any atom is -0.341 e. The molecule has 0 aromatic heterocycles. The third-order valence-electron chi connectivity index (χ3n) is 4.00. The monoisotopic (exact) mass is 279 g/mol. The average Bonchev–Trinajstić information content (AvgIpc) is 2.91. The van der Waals surface area contributed by atoms with Crippen LogP contribution in [0.2, 0.25) is 5.02 Å². The van der Waals surface area contributed by atoms with Crippen molar-refractivity contribution in [1.29, 1.82) is 0 Å². The van der Waals surface area contributed by atoms with E-state index in [-0.39, 0.29) is 5.91 Å². The van der Waals surface area contributed by atoms with E-state index in [1.54, 1.807) is 0 Å². The number of halogens is 1. The van der Waals surface area contributed by atoms with Crippen molar-refractivity contribution < 1.29 is 4.79 Å². The maximum atomic E-state index is 12.1. The summed E-state index contributed by atoms with van der Waals surface area (Å²) in [6.45, 7) is 0.667. The SMILES string of the molecule is CN(Cc1ccc(Cl)cc1)C(=O)CCC1CCCC1. The fraction of sp³-hybridized carbons (Fsp3) is 0.562. The maximum absolute atomic E-state index is 12.1. The fourth-order valence-corrected chi connectivity index (χ4v) is 2.90. The molecular weight excluding hydrogens is 258 g/mol.